The SMILES string of the molecule is CC1COC(CO)CN1C(=O)c1cccc(F)c1NN. The van der Waals surface area contributed by atoms with E-state index >= 15 is 0 Å². The minimum atomic E-state index is -0.585. The predicted molar refractivity (Wildman–Crippen MR) is 71.5 cm³/mol. The molecule has 2 rings (SSSR count). The van der Waals surface area contributed by atoms with E-state index in [0.29, 0.717) is 6.61 Å². The molecule has 1 saturated heterocycles. The van der Waals surface area contributed by atoms with Gasteiger partial charge in [-0.3, -0.25) is 10.6 Å². The van der Waals surface area contributed by atoms with Crippen LogP contribution in [0.3, 0.4) is 0 Å². The standard InChI is InChI=1S/C13H18FN3O3/c1-8-7-20-9(6-18)5-17(8)13(19)10-3-2-4-11(14)12(10)16-15/h2-4,8-9,16,18H,5-7,15H2,1H3. The Hall–Kier alpha value is -1.70. The number of anilines is 1. The third kappa shape index (κ3) is 2.74. The summed E-state index contributed by atoms with van der Waals surface area (Å²) in [6.45, 7) is 2.26. The van der Waals surface area contributed by atoms with Gasteiger partial charge in [-0.1, -0.05) is 6.07 Å². The molecule has 20 heavy (non-hydrogen) atoms. The molecule has 1 aliphatic rings. The van der Waals surface area contributed by atoms with Crippen LogP contribution in [0.5, 0.6) is 0 Å². The van der Waals surface area contributed by atoms with E-state index in [0.717, 1.165) is 0 Å². The van der Waals surface area contributed by atoms with Gasteiger partial charge in [0.25, 0.3) is 5.91 Å². The number of nitrogens with one attached hydrogen (secondary N) is 1. The number of benzene rings is 1. The summed E-state index contributed by atoms with van der Waals surface area (Å²) >= 11 is 0. The predicted octanol–water partition coefficient (Wildman–Crippen LogP) is 0.333. The van der Waals surface area contributed by atoms with Crippen LogP contribution >= 0.6 is 0 Å². The van der Waals surface area contributed by atoms with Crippen LogP contribution in [0.4, 0.5) is 10.1 Å². The van der Waals surface area contributed by atoms with Gasteiger partial charge in [0.2, 0.25) is 0 Å². The smallest absolute Gasteiger partial charge is 0.256 e. The lowest BCUT2D eigenvalue weighted by atomic mass is 10.1. The summed E-state index contributed by atoms with van der Waals surface area (Å²) in [7, 11) is 0. The molecule has 4 N–H and O–H groups in total. The average Bonchev–Trinajstić information content (AvgIpc) is 2.46. The summed E-state index contributed by atoms with van der Waals surface area (Å²) in [4.78, 5) is 14.1. The Kier molecular flexibility index (Phi) is 4.53. The number of rotatable bonds is 3. The molecule has 1 aromatic carbocycles. The molecule has 2 unspecified atom stereocenters. The molecule has 0 aliphatic carbocycles. The second-order valence-corrected chi connectivity index (χ2v) is 4.75. The van der Waals surface area contributed by atoms with E-state index in [1.807, 2.05) is 6.92 Å². The van der Waals surface area contributed by atoms with Crippen molar-refractivity contribution in [3.05, 3.63) is 29.6 Å². The molecule has 6 nitrogen and oxygen atoms in total. The second kappa shape index (κ2) is 6.17. The quantitative estimate of drug-likeness (QED) is 0.550. The Balaban J connectivity index is 2.28. The first kappa shape index (κ1) is 14.7. The van der Waals surface area contributed by atoms with E-state index in [9.17, 15) is 9.18 Å². The van der Waals surface area contributed by atoms with E-state index in [4.69, 9.17) is 15.7 Å². The van der Waals surface area contributed by atoms with Gasteiger partial charge in [0.1, 0.15) is 5.82 Å². The molecule has 1 fully saturated rings. The highest BCUT2D eigenvalue weighted by Crippen LogP contribution is 2.23. The van der Waals surface area contributed by atoms with E-state index in [-0.39, 0.29) is 36.4 Å². The molecule has 1 aromatic rings. The maximum absolute atomic E-state index is 13.6. The first-order chi connectivity index (χ1) is 9.58. The van der Waals surface area contributed by atoms with Crippen molar-refractivity contribution in [2.45, 2.75) is 19.1 Å². The maximum atomic E-state index is 13.6. The van der Waals surface area contributed by atoms with Crippen molar-refractivity contribution in [1.29, 1.82) is 0 Å². The van der Waals surface area contributed by atoms with Gasteiger partial charge in [-0.25, -0.2) is 4.39 Å². The van der Waals surface area contributed by atoms with Gasteiger partial charge in [-0.2, -0.15) is 0 Å². The number of nitrogens with two attached hydrogens (primary N) is 1. The molecule has 7 heteroatoms. The van der Waals surface area contributed by atoms with Crippen molar-refractivity contribution in [1.82, 2.24) is 4.90 Å². The van der Waals surface area contributed by atoms with Crippen molar-refractivity contribution in [3.63, 3.8) is 0 Å². The summed E-state index contributed by atoms with van der Waals surface area (Å²) < 4.78 is 19.0. The zero-order chi connectivity index (χ0) is 14.7. The number of aliphatic hydroxyl groups excluding tert-OH is 1. The fraction of sp³-hybridized carbons (Fsp3) is 0.462. The molecule has 1 heterocycles. The van der Waals surface area contributed by atoms with Crippen molar-refractivity contribution in [2.75, 3.05) is 25.2 Å². The zero-order valence-electron chi connectivity index (χ0n) is 11.2. The number of para-hydroxylation sites is 1. The van der Waals surface area contributed by atoms with Crippen LogP contribution in [-0.4, -0.2) is 47.8 Å². The number of hydrazine groups is 1. The molecule has 0 radical (unpaired) electrons. The Morgan fingerprint density at radius 3 is 3.05 bits per heavy atom. The molecular weight excluding hydrogens is 265 g/mol. The Morgan fingerprint density at radius 2 is 2.40 bits per heavy atom. The molecule has 0 saturated carbocycles. The van der Waals surface area contributed by atoms with Crippen molar-refractivity contribution in [2.24, 2.45) is 5.84 Å². The number of ether oxygens (including phenoxy) is 1. The number of amides is 1. The van der Waals surface area contributed by atoms with Gasteiger partial charge in [-0.15, -0.1) is 0 Å². The molecule has 0 bridgehead atoms. The number of hydrogen-bond acceptors (Lipinski definition) is 5. The highest BCUT2D eigenvalue weighted by Gasteiger charge is 2.31. The molecule has 0 aromatic heterocycles. The van der Waals surface area contributed by atoms with E-state index in [2.05, 4.69) is 5.43 Å². The van der Waals surface area contributed by atoms with Crippen molar-refractivity contribution >= 4 is 11.6 Å². The van der Waals surface area contributed by atoms with Crippen LogP contribution in [-0.2, 0) is 4.74 Å². The first-order valence-corrected chi connectivity index (χ1v) is 6.37. The average molecular weight is 283 g/mol. The van der Waals surface area contributed by atoms with Gasteiger partial charge >= 0.3 is 0 Å². The van der Waals surface area contributed by atoms with E-state index < -0.39 is 11.9 Å². The first-order valence-electron chi connectivity index (χ1n) is 6.37. The highest BCUT2D eigenvalue weighted by atomic mass is 19.1. The lowest BCUT2D eigenvalue weighted by molar-refractivity contribution is -0.0667. The van der Waals surface area contributed by atoms with Crippen LogP contribution in [0.1, 0.15) is 17.3 Å². The molecule has 1 amide bonds. The molecule has 2 atom stereocenters. The third-order valence-electron chi connectivity index (χ3n) is 3.36. The Bertz CT molecular complexity index is 498. The summed E-state index contributed by atoms with van der Waals surface area (Å²) in [6, 6.07) is 4.04. The number of aliphatic hydroxyl groups is 1. The van der Waals surface area contributed by atoms with Crippen LogP contribution in [0.2, 0.25) is 0 Å². The number of nitrogens with zero attached hydrogens (tertiary/aromatic N) is 1. The topological polar surface area (TPSA) is 87.8 Å². The number of halogens is 1. The second-order valence-electron chi connectivity index (χ2n) is 4.75. The zero-order valence-corrected chi connectivity index (χ0v) is 11.2. The van der Waals surface area contributed by atoms with Gasteiger partial charge in [0.05, 0.1) is 36.6 Å². The fourth-order valence-electron chi connectivity index (χ4n) is 2.21. The molecular formula is C13H18FN3O3. The normalized spacial score (nSPS) is 22.7. The Labute approximate surface area is 116 Å². The lowest BCUT2D eigenvalue weighted by Gasteiger charge is -2.37. The van der Waals surface area contributed by atoms with Crippen molar-refractivity contribution in [3.8, 4) is 0 Å². The number of carbonyl (C=O) groups excluding carboxylic acids is 1. The highest BCUT2D eigenvalue weighted by molar-refractivity contribution is 5.99. The van der Waals surface area contributed by atoms with Crippen LogP contribution in [0, 0.1) is 5.82 Å². The molecule has 0 spiro atoms. The lowest BCUT2D eigenvalue weighted by Crippen LogP contribution is -2.52. The van der Waals surface area contributed by atoms with Gasteiger partial charge in [0, 0.05) is 6.54 Å². The number of morpholine rings is 1. The number of carbonyl (C=O) groups is 1. The fourth-order valence-corrected chi connectivity index (χ4v) is 2.21. The molecule has 1 aliphatic heterocycles. The van der Waals surface area contributed by atoms with Gasteiger partial charge < -0.3 is 20.2 Å². The summed E-state index contributed by atoms with van der Waals surface area (Å²) in [6.07, 6.45) is -0.419. The van der Waals surface area contributed by atoms with E-state index in [1.165, 1.54) is 18.2 Å². The number of hydrogen-bond donors (Lipinski definition) is 3. The minimum Gasteiger partial charge on any atom is -0.394 e. The maximum Gasteiger partial charge on any atom is 0.256 e. The van der Waals surface area contributed by atoms with Crippen molar-refractivity contribution < 1.29 is 19.0 Å². The monoisotopic (exact) mass is 283 g/mol. The van der Waals surface area contributed by atoms with Gasteiger partial charge in [-0.05, 0) is 19.1 Å². The third-order valence-corrected chi connectivity index (χ3v) is 3.36. The van der Waals surface area contributed by atoms with Gasteiger partial charge in [0.15, 0.2) is 0 Å². The summed E-state index contributed by atoms with van der Waals surface area (Å²) in [5.41, 5.74) is 2.35. The van der Waals surface area contributed by atoms with Crippen LogP contribution in [0.15, 0.2) is 18.2 Å². The largest absolute Gasteiger partial charge is 0.394 e. The summed E-state index contributed by atoms with van der Waals surface area (Å²) in [5.74, 6) is 4.36. The van der Waals surface area contributed by atoms with Crippen LogP contribution in [0.25, 0.3) is 0 Å². The number of nitrogen functional groups attached to an aromatic ring is 1. The van der Waals surface area contributed by atoms with Crippen LogP contribution < -0.4 is 11.3 Å². The van der Waals surface area contributed by atoms with E-state index in [1.54, 1.807) is 4.90 Å². The Morgan fingerprint density at radius 1 is 1.65 bits per heavy atom. The summed E-state index contributed by atoms with van der Waals surface area (Å²) in [5, 5.41) is 9.14. The molecule has 110 valence electrons. The minimum absolute atomic E-state index is 0.0308.